The molecule has 67 heavy (non-hydrogen) atoms. The molecule has 2 aliphatic heterocycles. The lowest BCUT2D eigenvalue weighted by Gasteiger charge is -2.35. The normalized spacial score (nSPS) is 17.3. The number of nitrogens with one attached hydrogen (secondary N) is 3. The van der Waals surface area contributed by atoms with Gasteiger partial charge in [0, 0.05) is 60.3 Å². The van der Waals surface area contributed by atoms with E-state index in [0.717, 1.165) is 54.0 Å². The average molecular weight is 973 g/mol. The van der Waals surface area contributed by atoms with Gasteiger partial charge in [-0.2, -0.15) is 0 Å². The number of likely N-dealkylation sites (tertiary alicyclic amines) is 1. The topological polar surface area (TPSA) is 202 Å². The largest absolute Gasteiger partial charge is 0.391 e. The van der Waals surface area contributed by atoms with Crippen molar-refractivity contribution in [2.75, 3.05) is 39.5 Å². The van der Waals surface area contributed by atoms with E-state index in [0.29, 0.717) is 29.7 Å². The zero-order valence-corrected chi connectivity index (χ0v) is 41.2. The fourth-order valence-electron chi connectivity index (χ4n) is 8.16. The summed E-state index contributed by atoms with van der Waals surface area (Å²) in [7, 11) is 0. The number of hydrogen-bond donors (Lipinski definition) is 4. The minimum absolute atomic E-state index is 0.0246. The van der Waals surface area contributed by atoms with Crippen LogP contribution < -0.4 is 16.0 Å². The zero-order chi connectivity index (χ0) is 48.0. The lowest BCUT2D eigenvalue weighted by Crippen LogP contribution is -2.58. The maximum absolute atomic E-state index is 14.0. The highest BCUT2D eigenvalue weighted by Gasteiger charge is 2.44. The number of aryl methyl sites for hydroxylation is 3. The van der Waals surface area contributed by atoms with Crippen LogP contribution in [0.4, 0.5) is 0 Å². The van der Waals surface area contributed by atoms with Gasteiger partial charge in [0.15, 0.2) is 5.82 Å². The van der Waals surface area contributed by atoms with Crippen molar-refractivity contribution < 1.29 is 33.8 Å². The Morgan fingerprint density at radius 3 is 2.34 bits per heavy atom. The summed E-state index contributed by atoms with van der Waals surface area (Å²) < 4.78 is 13.4. The Kier molecular flexibility index (Phi) is 16.1. The molecule has 5 aromatic rings. The van der Waals surface area contributed by atoms with Crippen molar-refractivity contribution >= 4 is 63.6 Å². The highest BCUT2D eigenvalue weighted by Crippen LogP contribution is 2.40. The summed E-state index contributed by atoms with van der Waals surface area (Å²) in [6, 6.07) is 12.9. The van der Waals surface area contributed by atoms with Crippen molar-refractivity contribution in [3.63, 3.8) is 0 Å². The van der Waals surface area contributed by atoms with Gasteiger partial charge in [0.2, 0.25) is 23.6 Å². The average Bonchev–Trinajstić information content (AvgIpc) is 4.06. The molecular formula is C48H58ClN9O7S2. The molecule has 356 valence electrons. The third-order valence-corrected chi connectivity index (χ3v) is 14.2. The summed E-state index contributed by atoms with van der Waals surface area (Å²) in [6.07, 6.45) is -0.245. The second-order valence-corrected chi connectivity index (χ2v) is 20.4. The predicted molar refractivity (Wildman–Crippen MR) is 259 cm³/mol. The first kappa shape index (κ1) is 49.5. The van der Waals surface area contributed by atoms with Crippen molar-refractivity contribution in [2.45, 2.75) is 98.5 Å². The van der Waals surface area contributed by atoms with Gasteiger partial charge in [-0.1, -0.05) is 68.8 Å². The monoisotopic (exact) mass is 971 g/mol. The quantitative estimate of drug-likeness (QED) is 0.0759. The second kappa shape index (κ2) is 21.7. The second-order valence-electron chi connectivity index (χ2n) is 17.9. The smallest absolute Gasteiger partial charge is 0.246 e. The van der Waals surface area contributed by atoms with E-state index >= 15 is 0 Å². The van der Waals surface area contributed by atoms with Gasteiger partial charge in [-0.15, -0.1) is 32.9 Å². The summed E-state index contributed by atoms with van der Waals surface area (Å²) in [5.74, 6) is -0.210. The Bertz CT molecular complexity index is 2600. The third-order valence-electron chi connectivity index (χ3n) is 11.8. The molecule has 0 aliphatic carbocycles. The Hall–Kier alpha value is -5.37. The number of ether oxygens (including phenoxy) is 2. The highest BCUT2D eigenvalue weighted by molar-refractivity contribution is 7.15. The first-order chi connectivity index (χ1) is 32.0. The van der Waals surface area contributed by atoms with Crippen molar-refractivity contribution in [2.24, 2.45) is 10.4 Å². The fraction of sp³-hybridized carbons (Fsp3) is 0.458. The number of amides is 4. The standard InChI is InChI=1S/C48H58ClN9O7S2/c1-27-29(3)67-47-40(27)41(32-13-15-34(49)16-14-32)53-36(44-56-55-30(4)58(44)47)22-38(60)50-17-20-64-18-8-19-65-25-39(61)54-43(48(5,6)7)46(63)57-24-35(59)21-37(57)45(62)51-23-31-9-11-33(12-10-31)42-28(2)52-26-66-42/h9-16,26,35-37,43,59H,8,17-25H2,1-7H3,(H,50,60)(H,51,62)(H,54,61)/t35-,36-,37+,43+/m0/s1. The number of hydrogen-bond acceptors (Lipinski definition) is 13. The predicted octanol–water partition coefficient (Wildman–Crippen LogP) is 5.97. The van der Waals surface area contributed by atoms with Crippen molar-refractivity contribution in [1.29, 1.82) is 0 Å². The molecular weight excluding hydrogens is 914 g/mol. The molecule has 4 N–H and O–H groups in total. The molecule has 19 heteroatoms. The molecule has 0 saturated carbocycles. The molecule has 7 rings (SSSR count). The molecule has 0 unspecified atom stereocenters. The summed E-state index contributed by atoms with van der Waals surface area (Å²) in [5.41, 5.74) is 7.76. The lowest BCUT2D eigenvalue weighted by molar-refractivity contribution is -0.144. The van der Waals surface area contributed by atoms with Crippen LogP contribution in [0.3, 0.4) is 0 Å². The van der Waals surface area contributed by atoms with E-state index in [2.05, 4.69) is 45.0 Å². The number of fused-ring (bicyclic) bond motifs is 3. The number of nitrogens with zero attached hydrogens (tertiary/aromatic N) is 6. The molecule has 0 bridgehead atoms. The van der Waals surface area contributed by atoms with Crippen LogP contribution in [0.15, 0.2) is 59.0 Å². The zero-order valence-electron chi connectivity index (χ0n) is 38.9. The minimum Gasteiger partial charge on any atom is -0.391 e. The van der Waals surface area contributed by atoms with E-state index in [4.69, 9.17) is 26.1 Å². The van der Waals surface area contributed by atoms with Crippen LogP contribution in [-0.2, 0) is 35.2 Å². The Balaban J connectivity index is 0.832. The Morgan fingerprint density at radius 2 is 1.64 bits per heavy atom. The third kappa shape index (κ3) is 11.8. The van der Waals surface area contributed by atoms with Crippen LogP contribution >= 0.6 is 34.3 Å². The maximum Gasteiger partial charge on any atom is 0.246 e. The molecule has 0 spiro atoms. The summed E-state index contributed by atoms with van der Waals surface area (Å²) in [5, 5.41) is 29.7. The number of rotatable bonds is 18. The fourth-order valence-corrected chi connectivity index (χ4v) is 10.3. The van der Waals surface area contributed by atoms with Gasteiger partial charge in [0.05, 0.1) is 40.9 Å². The number of halogens is 1. The van der Waals surface area contributed by atoms with Crippen LogP contribution in [0.1, 0.15) is 90.5 Å². The molecule has 3 aromatic heterocycles. The Labute approximate surface area is 403 Å². The van der Waals surface area contributed by atoms with Gasteiger partial charge in [0.1, 0.15) is 35.6 Å². The number of β-amino-alcohol motifs (C(OH)–C–C–N with tert-alkyl or cyclic N) is 1. The van der Waals surface area contributed by atoms with Crippen LogP contribution in [-0.4, -0.2) is 117 Å². The molecule has 16 nitrogen and oxygen atoms in total. The van der Waals surface area contributed by atoms with Crippen LogP contribution in [0.5, 0.6) is 0 Å². The summed E-state index contributed by atoms with van der Waals surface area (Å²) in [6.45, 7) is 14.5. The Morgan fingerprint density at radius 1 is 0.925 bits per heavy atom. The number of thiazole rings is 1. The minimum atomic E-state index is -0.977. The van der Waals surface area contributed by atoms with Gasteiger partial charge in [0.25, 0.3) is 0 Å². The van der Waals surface area contributed by atoms with Gasteiger partial charge >= 0.3 is 0 Å². The number of aliphatic hydroxyl groups is 1. The molecule has 1 saturated heterocycles. The number of carbonyl (C=O) groups is 4. The van der Waals surface area contributed by atoms with Crippen molar-refractivity contribution in [3.8, 4) is 15.4 Å². The number of aliphatic imine (C=N–C) groups is 1. The molecule has 4 atom stereocenters. The van der Waals surface area contributed by atoms with E-state index < -0.39 is 41.5 Å². The first-order valence-corrected chi connectivity index (χ1v) is 24.4. The van der Waals surface area contributed by atoms with E-state index in [-0.39, 0.29) is 64.1 Å². The number of benzene rings is 2. The van der Waals surface area contributed by atoms with E-state index in [9.17, 15) is 24.3 Å². The molecule has 4 amide bonds. The molecule has 1 fully saturated rings. The number of thiophene rings is 1. The maximum atomic E-state index is 14.0. The molecule has 5 heterocycles. The molecule has 2 aliphatic rings. The SMILES string of the molecule is Cc1ncsc1-c1ccc(CNC(=O)[C@H]2C[C@H](O)CN2C(=O)[C@@H](NC(=O)COCCCOCCNC(=O)C[C@@H]2N=C(c3ccc(Cl)cc3)c3c(sc(C)c3C)-n3c(C)nnc32)C(C)(C)C)cc1. The van der Waals surface area contributed by atoms with E-state index in [1.165, 1.54) is 4.90 Å². The van der Waals surface area contributed by atoms with Gasteiger partial charge in [-0.25, -0.2) is 4.98 Å². The number of carbonyl (C=O) groups excluding carboxylic acids is 4. The molecule has 2 aromatic carbocycles. The summed E-state index contributed by atoms with van der Waals surface area (Å²) >= 11 is 9.45. The summed E-state index contributed by atoms with van der Waals surface area (Å²) in [4.78, 5) is 66.9. The van der Waals surface area contributed by atoms with Crippen LogP contribution in [0.2, 0.25) is 5.02 Å². The van der Waals surface area contributed by atoms with Crippen LogP contribution in [0, 0.1) is 33.1 Å². The van der Waals surface area contributed by atoms with Gasteiger partial charge in [-0.3, -0.25) is 28.7 Å². The van der Waals surface area contributed by atoms with Gasteiger partial charge in [-0.05, 0) is 68.4 Å². The van der Waals surface area contributed by atoms with Crippen LogP contribution in [0.25, 0.3) is 15.4 Å². The molecule has 0 radical (unpaired) electrons. The van der Waals surface area contributed by atoms with E-state index in [1.54, 1.807) is 22.7 Å². The lowest BCUT2D eigenvalue weighted by atomic mass is 9.85. The van der Waals surface area contributed by atoms with Crippen molar-refractivity contribution in [1.82, 2.24) is 40.6 Å². The first-order valence-electron chi connectivity index (χ1n) is 22.3. The number of aliphatic hydroxyl groups excluding tert-OH is 1. The van der Waals surface area contributed by atoms with Gasteiger partial charge < -0.3 is 35.4 Å². The highest BCUT2D eigenvalue weighted by atomic mass is 35.5. The van der Waals surface area contributed by atoms with E-state index in [1.807, 2.05) is 93.2 Å². The van der Waals surface area contributed by atoms with Crippen molar-refractivity contribution in [3.05, 3.63) is 104 Å². The number of aromatic nitrogens is 4.